The largest absolute Gasteiger partial charge is 0.459 e. The van der Waals surface area contributed by atoms with Crippen LogP contribution in [0.5, 0.6) is 0 Å². The molecule has 0 saturated carbocycles. The fourth-order valence-corrected chi connectivity index (χ4v) is 2.03. The number of rotatable bonds is 5. The Labute approximate surface area is 122 Å². The van der Waals surface area contributed by atoms with Crippen molar-refractivity contribution < 1.29 is 9.21 Å². The maximum absolute atomic E-state index is 11.7. The molecule has 5 heteroatoms. The van der Waals surface area contributed by atoms with E-state index < -0.39 is 0 Å². The number of furan rings is 1. The molecule has 0 unspecified atom stereocenters. The van der Waals surface area contributed by atoms with Gasteiger partial charge in [-0.3, -0.25) is 4.79 Å². The van der Waals surface area contributed by atoms with Crippen molar-refractivity contribution in [3.63, 3.8) is 0 Å². The number of hydrogen-bond donors (Lipinski definition) is 1. The van der Waals surface area contributed by atoms with Gasteiger partial charge in [0.25, 0.3) is 5.91 Å². The van der Waals surface area contributed by atoms with Gasteiger partial charge in [-0.1, -0.05) is 24.3 Å². The maximum Gasteiger partial charge on any atom is 0.287 e. The highest BCUT2D eigenvalue weighted by Crippen LogP contribution is 2.07. The minimum Gasteiger partial charge on any atom is -0.459 e. The average molecular weight is 281 g/mol. The molecule has 5 nitrogen and oxygen atoms in total. The third kappa shape index (κ3) is 3.39. The molecular formula is C16H15N3O2. The molecule has 2 heterocycles. The second kappa shape index (κ2) is 6.09. The average Bonchev–Trinajstić information content (AvgIpc) is 3.19. The van der Waals surface area contributed by atoms with E-state index in [1.165, 1.54) is 11.8 Å². The van der Waals surface area contributed by atoms with Crippen LogP contribution in [0, 0.1) is 0 Å². The molecule has 0 aliphatic rings. The molecule has 0 aliphatic heterocycles. The molecule has 1 amide bonds. The van der Waals surface area contributed by atoms with Gasteiger partial charge in [-0.05, 0) is 23.3 Å². The van der Waals surface area contributed by atoms with Crippen LogP contribution in [0.3, 0.4) is 0 Å². The van der Waals surface area contributed by atoms with Gasteiger partial charge < -0.3 is 14.3 Å². The number of carbonyl (C=O) groups excluding carboxylic acids is 1. The van der Waals surface area contributed by atoms with E-state index in [2.05, 4.69) is 10.3 Å². The molecule has 1 aromatic carbocycles. The van der Waals surface area contributed by atoms with Crippen LogP contribution >= 0.6 is 0 Å². The highest BCUT2D eigenvalue weighted by Gasteiger charge is 2.07. The first-order valence-corrected chi connectivity index (χ1v) is 6.66. The SMILES string of the molecule is O=C(NCc1ccc(Cn2ccnc2)cc1)c1ccco1. The van der Waals surface area contributed by atoms with Crippen LogP contribution in [0.4, 0.5) is 0 Å². The van der Waals surface area contributed by atoms with E-state index in [1.54, 1.807) is 24.7 Å². The molecule has 0 spiro atoms. The third-order valence-electron chi connectivity index (χ3n) is 3.15. The van der Waals surface area contributed by atoms with Crippen molar-refractivity contribution in [1.82, 2.24) is 14.9 Å². The van der Waals surface area contributed by atoms with Crippen LogP contribution in [0.1, 0.15) is 21.7 Å². The Morgan fingerprint density at radius 1 is 1.19 bits per heavy atom. The van der Waals surface area contributed by atoms with Crippen LogP contribution in [0.25, 0.3) is 0 Å². The van der Waals surface area contributed by atoms with Crippen LogP contribution in [0.15, 0.2) is 65.8 Å². The van der Waals surface area contributed by atoms with Crippen molar-refractivity contribution >= 4 is 5.91 Å². The van der Waals surface area contributed by atoms with E-state index in [-0.39, 0.29) is 5.91 Å². The minimum absolute atomic E-state index is 0.206. The number of amides is 1. The van der Waals surface area contributed by atoms with Crippen LogP contribution < -0.4 is 5.32 Å². The molecule has 0 atom stereocenters. The highest BCUT2D eigenvalue weighted by atomic mass is 16.3. The van der Waals surface area contributed by atoms with Crippen LogP contribution in [-0.2, 0) is 13.1 Å². The molecule has 21 heavy (non-hydrogen) atoms. The molecular weight excluding hydrogens is 266 g/mol. The predicted octanol–water partition coefficient (Wildman–Crippen LogP) is 2.45. The van der Waals surface area contributed by atoms with Crippen molar-refractivity contribution in [3.8, 4) is 0 Å². The summed E-state index contributed by atoms with van der Waals surface area (Å²) < 4.78 is 7.05. The van der Waals surface area contributed by atoms with E-state index in [4.69, 9.17) is 4.42 Å². The van der Waals surface area contributed by atoms with Crippen molar-refractivity contribution in [1.29, 1.82) is 0 Å². The number of benzene rings is 1. The Bertz CT molecular complexity index is 686. The number of aromatic nitrogens is 2. The van der Waals surface area contributed by atoms with E-state index in [9.17, 15) is 4.79 Å². The fourth-order valence-electron chi connectivity index (χ4n) is 2.03. The quantitative estimate of drug-likeness (QED) is 0.781. The third-order valence-corrected chi connectivity index (χ3v) is 3.15. The van der Waals surface area contributed by atoms with Gasteiger partial charge in [0.05, 0.1) is 12.6 Å². The van der Waals surface area contributed by atoms with Gasteiger partial charge in [0.15, 0.2) is 5.76 Å². The summed E-state index contributed by atoms with van der Waals surface area (Å²) in [5.41, 5.74) is 2.23. The molecule has 0 aliphatic carbocycles. The van der Waals surface area contributed by atoms with Crippen LogP contribution in [-0.4, -0.2) is 15.5 Å². The van der Waals surface area contributed by atoms with E-state index >= 15 is 0 Å². The topological polar surface area (TPSA) is 60.1 Å². The van der Waals surface area contributed by atoms with Crippen molar-refractivity contribution in [3.05, 3.63) is 78.3 Å². The second-order valence-electron chi connectivity index (χ2n) is 4.71. The fraction of sp³-hybridized carbons (Fsp3) is 0.125. The van der Waals surface area contributed by atoms with Gasteiger partial charge in [-0.15, -0.1) is 0 Å². The molecule has 0 radical (unpaired) electrons. The number of hydrogen-bond acceptors (Lipinski definition) is 3. The molecule has 1 N–H and O–H groups in total. The lowest BCUT2D eigenvalue weighted by Crippen LogP contribution is -2.22. The monoisotopic (exact) mass is 281 g/mol. The minimum atomic E-state index is -0.206. The van der Waals surface area contributed by atoms with Crippen LogP contribution in [0.2, 0.25) is 0 Å². The zero-order chi connectivity index (χ0) is 14.5. The van der Waals surface area contributed by atoms with E-state index in [1.807, 2.05) is 35.0 Å². The summed E-state index contributed by atoms with van der Waals surface area (Å²) in [6, 6.07) is 11.5. The van der Waals surface area contributed by atoms with Crippen molar-refractivity contribution in [2.45, 2.75) is 13.1 Å². The summed E-state index contributed by atoms with van der Waals surface area (Å²) in [6.07, 6.45) is 6.97. The summed E-state index contributed by atoms with van der Waals surface area (Å²) >= 11 is 0. The van der Waals surface area contributed by atoms with Gasteiger partial charge in [-0.25, -0.2) is 4.98 Å². The molecule has 0 bridgehead atoms. The lowest BCUT2D eigenvalue weighted by Gasteiger charge is -2.06. The first kappa shape index (κ1) is 13.2. The molecule has 2 aromatic heterocycles. The zero-order valence-electron chi connectivity index (χ0n) is 11.4. The Balaban J connectivity index is 1.56. The summed E-state index contributed by atoms with van der Waals surface area (Å²) in [5.74, 6) is 0.120. The summed E-state index contributed by atoms with van der Waals surface area (Å²) in [4.78, 5) is 15.8. The summed E-state index contributed by atoms with van der Waals surface area (Å²) in [6.45, 7) is 1.27. The van der Waals surface area contributed by atoms with Gasteiger partial charge in [0.2, 0.25) is 0 Å². The molecule has 0 saturated heterocycles. The standard InChI is InChI=1S/C16H15N3O2/c20-16(15-2-1-9-21-15)18-10-13-3-5-14(6-4-13)11-19-8-7-17-12-19/h1-9,12H,10-11H2,(H,18,20). The molecule has 0 fully saturated rings. The van der Waals surface area contributed by atoms with Gasteiger partial charge >= 0.3 is 0 Å². The maximum atomic E-state index is 11.7. The molecule has 106 valence electrons. The summed E-state index contributed by atoms with van der Waals surface area (Å²) in [5, 5.41) is 2.82. The normalized spacial score (nSPS) is 10.5. The zero-order valence-corrected chi connectivity index (χ0v) is 11.4. The molecule has 3 rings (SSSR count). The Morgan fingerprint density at radius 3 is 2.67 bits per heavy atom. The Morgan fingerprint density at radius 2 is 2.00 bits per heavy atom. The number of nitrogens with zero attached hydrogens (tertiary/aromatic N) is 2. The smallest absolute Gasteiger partial charge is 0.287 e. The number of imidazole rings is 1. The lowest BCUT2D eigenvalue weighted by molar-refractivity contribution is 0.0923. The predicted molar refractivity (Wildman–Crippen MR) is 77.6 cm³/mol. The van der Waals surface area contributed by atoms with Crippen molar-refractivity contribution in [2.75, 3.05) is 0 Å². The Hall–Kier alpha value is -2.82. The van der Waals surface area contributed by atoms with Gasteiger partial charge in [0.1, 0.15) is 0 Å². The van der Waals surface area contributed by atoms with E-state index in [0.29, 0.717) is 12.3 Å². The first-order valence-electron chi connectivity index (χ1n) is 6.66. The molecule has 3 aromatic rings. The second-order valence-corrected chi connectivity index (χ2v) is 4.71. The number of nitrogens with one attached hydrogen (secondary N) is 1. The lowest BCUT2D eigenvalue weighted by atomic mass is 10.1. The van der Waals surface area contributed by atoms with Gasteiger partial charge in [-0.2, -0.15) is 0 Å². The number of carbonyl (C=O) groups is 1. The van der Waals surface area contributed by atoms with Gasteiger partial charge in [0, 0.05) is 25.5 Å². The van der Waals surface area contributed by atoms with Crippen molar-refractivity contribution in [2.24, 2.45) is 0 Å². The summed E-state index contributed by atoms with van der Waals surface area (Å²) in [7, 11) is 0. The first-order chi connectivity index (χ1) is 10.3. The Kier molecular flexibility index (Phi) is 3.82. The van der Waals surface area contributed by atoms with E-state index in [0.717, 1.165) is 12.1 Å². The highest BCUT2D eigenvalue weighted by molar-refractivity contribution is 5.91.